The first-order valence-electron chi connectivity index (χ1n) is 14.3. The number of methoxy groups -OCH3 is 1. The van der Waals surface area contributed by atoms with E-state index in [9.17, 15) is 9.59 Å². The van der Waals surface area contributed by atoms with Crippen LogP contribution in [0.25, 0.3) is 17.2 Å². The Morgan fingerprint density at radius 1 is 1.00 bits per heavy atom. The second kappa shape index (κ2) is 15.3. The van der Waals surface area contributed by atoms with E-state index in [2.05, 4.69) is 4.90 Å². The number of ether oxygens (including phenoxy) is 4. The van der Waals surface area contributed by atoms with Crippen molar-refractivity contribution in [1.29, 1.82) is 0 Å². The van der Waals surface area contributed by atoms with Crippen LogP contribution >= 0.6 is 24.0 Å². The molecule has 2 fully saturated rings. The van der Waals surface area contributed by atoms with Crippen molar-refractivity contribution >= 4 is 46.3 Å². The lowest BCUT2D eigenvalue weighted by Gasteiger charge is -2.26. The van der Waals surface area contributed by atoms with E-state index in [4.69, 9.17) is 36.3 Å². The highest BCUT2D eigenvalue weighted by Gasteiger charge is 2.32. The highest BCUT2D eigenvalue weighted by Crippen LogP contribution is 2.36. The van der Waals surface area contributed by atoms with E-state index in [0.717, 1.165) is 55.1 Å². The second-order valence-corrected chi connectivity index (χ2v) is 11.9. The van der Waals surface area contributed by atoms with Crippen LogP contribution in [-0.2, 0) is 20.7 Å². The van der Waals surface area contributed by atoms with Crippen molar-refractivity contribution < 1.29 is 33.6 Å². The molecule has 2 saturated heterocycles. The van der Waals surface area contributed by atoms with Crippen LogP contribution in [0, 0.1) is 0 Å². The van der Waals surface area contributed by atoms with Crippen LogP contribution in [0.1, 0.15) is 21.5 Å². The minimum absolute atomic E-state index is 0.161. The average Bonchev–Trinajstić information content (AvgIpc) is 3.31. The summed E-state index contributed by atoms with van der Waals surface area (Å²) in [5, 5.41) is 9.14. The Morgan fingerprint density at radius 3 is 2.43 bits per heavy atom. The lowest BCUT2D eigenvalue weighted by molar-refractivity contribution is -0.122. The van der Waals surface area contributed by atoms with Gasteiger partial charge in [-0.15, -0.1) is 0 Å². The summed E-state index contributed by atoms with van der Waals surface area (Å²) in [5.74, 6) is 0.262. The molecule has 5 rings (SSSR count). The van der Waals surface area contributed by atoms with Crippen LogP contribution in [0.15, 0.2) is 71.6 Å². The monoisotopic (exact) mass is 634 g/mol. The standard InChI is InChI=1S/C33H34N2O7S2/c1-39-22-42-28-9-6-24(7-10-28)26-8-11-29(41-19-16-34-14-17-40-18-15-34)27(20-26)21-30-31(36)35(33(43)44-30)13-12-23-2-4-25(5-3-23)32(37)38/h2-11,20-21H,12-19,22H2,1H3,(H,37,38). The van der Waals surface area contributed by atoms with Crippen LogP contribution < -0.4 is 9.47 Å². The molecule has 0 radical (unpaired) electrons. The number of hydrogen-bond donors (Lipinski definition) is 1. The molecule has 230 valence electrons. The zero-order chi connectivity index (χ0) is 30.9. The average molecular weight is 635 g/mol. The lowest BCUT2D eigenvalue weighted by atomic mass is 10.0. The van der Waals surface area contributed by atoms with Crippen molar-refractivity contribution in [3.63, 3.8) is 0 Å². The molecule has 0 unspecified atom stereocenters. The van der Waals surface area contributed by atoms with Crippen LogP contribution in [0.2, 0.25) is 0 Å². The normalized spacial score (nSPS) is 16.5. The molecular weight excluding hydrogens is 601 g/mol. The van der Waals surface area contributed by atoms with Crippen LogP contribution in [0.3, 0.4) is 0 Å². The third-order valence-electron chi connectivity index (χ3n) is 7.29. The molecule has 1 amide bonds. The van der Waals surface area contributed by atoms with Gasteiger partial charge in [0.25, 0.3) is 5.91 Å². The summed E-state index contributed by atoms with van der Waals surface area (Å²) in [7, 11) is 1.58. The quantitative estimate of drug-likeness (QED) is 0.154. The third kappa shape index (κ3) is 8.25. The molecule has 1 N–H and O–H groups in total. The number of carbonyl (C=O) groups excluding carboxylic acids is 1. The van der Waals surface area contributed by atoms with E-state index in [1.54, 1.807) is 36.3 Å². The van der Waals surface area contributed by atoms with Gasteiger partial charge < -0.3 is 24.1 Å². The van der Waals surface area contributed by atoms with E-state index >= 15 is 0 Å². The number of hydrogen-bond acceptors (Lipinski definition) is 9. The Kier molecular flexibility index (Phi) is 11.0. The lowest BCUT2D eigenvalue weighted by Crippen LogP contribution is -2.38. The Labute approximate surface area is 266 Å². The number of morpholine rings is 1. The number of thioether (sulfide) groups is 1. The Morgan fingerprint density at radius 2 is 1.73 bits per heavy atom. The Hall–Kier alpha value is -3.74. The summed E-state index contributed by atoms with van der Waals surface area (Å²) in [6.07, 6.45) is 2.40. The van der Waals surface area contributed by atoms with E-state index < -0.39 is 5.97 Å². The van der Waals surface area contributed by atoms with E-state index in [1.807, 2.05) is 48.5 Å². The summed E-state index contributed by atoms with van der Waals surface area (Å²) in [6.45, 7) is 5.08. The molecule has 11 heteroatoms. The minimum Gasteiger partial charge on any atom is -0.492 e. The Balaban J connectivity index is 1.34. The zero-order valence-corrected chi connectivity index (χ0v) is 26.0. The van der Waals surface area contributed by atoms with Crippen LogP contribution in [-0.4, -0.2) is 91.0 Å². The number of thiocarbonyl (C=S) groups is 1. The molecule has 44 heavy (non-hydrogen) atoms. The predicted octanol–water partition coefficient (Wildman–Crippen LogP) is 5.19. The maximum absolute atomic E-state index is 13.5. The third-order valence-corrected chi connectivity index (χ3v) is 8.67. The Bertz CT molecular complexity index is 1500. The summed E-state index contributed by atoms with van der Waals surface area (Å²) < 4.78 is 22.7. The number of benzene rings is 3. The van der Waals surface area contributed by atoms with Gasteiger partial charge in [0.1, 0.15) is 22.4 Å². The first kappa shape index (κ1) is 31.7. The van der Waals surface area contributed by atoms with E-state index in [-0.39, 0.29) is 18.3 Å². The summed E-state index contributed by atoms with van der Waals surface area (Å²) in [4.78, 5) is 29.1. The van der Waals surface area contributed by atoms with Gasteiger partial charge in [-0.1, -0.05) is 54.3 Å². The fourth-order valence-electron chi connectivity index (χ4n) is 4.84. The number of aromatic carboxylic acids is 1. The van der Waals surface area contributed by atoms with Crippen LogP contribution in [0.5, 0.6) is 11.5 Å². The van der Waals surface area contributed by atoms with Gasteiger partial charge in [0.15, 0.2) is 6.79 Å². The highest BCUT2D eigenvalue weighted by atomic mass is 32.2. The van der Waals surface area contributed by atoms with Gasteiger partial charge >= 0.3 is 5.97 Å². The van der Waals surface area contributed by atoms with Crippen molar-refractivity contribution in [2.45, 2.75) is 6.42 Å². The molecule has 0 bridgehead atoms. The van der Waals surface area contributed by atoms with Gasteiger partial charge in [-0.05, 0) is 65.6 Å². The highest BCUT2D eigenvalue weighted by molar-refractivity contribution is 8.26. The molecule has 0 aromatic heterocycles. The minimum atomic E-state index is -0.972. The van der Waals surface area contributed by atoms with E-state index in [1.165, 1.54) is 11.8 Å². The van der Waals surface area contributed by atoms with Gasteiger partial charge in [0.05, 0.1) is 23.7 Å². The predicted molar refractivity (Wildman–Crippen MR) is 174 cm³/mol. The first-order chi connectivity index (χ1) is 21.4. The number of amides is 1. The van der Waals surface area contributed by atoms with E-state index in [0.29, 0.717) is 40.3 Å². The van der Waals surface area contributed by atoms with Gasteiger partial charge in [-0.25, -0.2) is 4.79 Å². The molecule has 2 aliphatic rings. The van der Waals surface area contributed by atoms with Crippen molar-refractivity contribution in [2.75, 3.05) is 59.9 Å². The number of carboxylic acids is 1. The second-order valence-electron chi connectivity index (χ2n) is 10.2. The van der Waals surface area contributed by atoms with Crippen LogP contribution in [0.4, 0.5) is 0 Å². The first-order valence-corrected chi connectivity index (χ1v) is 15.5. The molecule has 2 aliphatic heterocycles. The molecule has 3 aromatic rings. The summed E-state index contributed by atoms with van der Waals surface area (Å²) >= 11 is 6.85. The van der Waals surface area contributed by atoms with Gasteiger partial charge in [-0.2, -0.15) is 0 Å². The molecule has 0 aliphatic carbocycles. The fraction of sp³-hybridized carbons (Fsp3) is 0.303. The van der Waals surface area contributed by atoms with Crippen molar-refractivity contribution in [3.05, 3.63) is 88.3 Å². The molecule has 0 spiro atoms. The number of nitrogens with zero attached hydrogens (tertiary/aromatic N) is 2. The topological polar surface area (TPSA) is 97.8 Å². The van der Waals surface area contributed by atoms with Gasteiger partial charge in [0.2, 0.25) is 0 Å². The van der Waals surface area contributed by atoms with Crippen molar-refractivity contribution in [3.8, 4) is 22.6 Å². The SMILES string of the molecule is COCOc1ccc(-c2ccc(OCCN3CCOCC3)c(C=C3SC(=S)N(CCc4ccc(C(=O)O)cc4)C3=O)c2)cc1. The smallest absolute Gasteiger partial charge is 0.335 e. The number of carbonyl (C=O) groups is 2. The largest absolute Gasteiger partial charge is 0.492 e. The number of rotatable bonds is 13. The molecule has 9 nitrogen and oxygen atoms in total. The fourth-order valence-corrected chi connectivity index (χ4v) is 6.14. The molecular formula is C33H34N2O7S2. The molecule has 2 heterocycles. The molecule has 0 atom stereocenters. The van der Waals surface area contributed by atoms with Crippen molar-refractivity contribution in [2.24, 2.45) is 0 Å². The zero-order valence-electron chi connectivity index (χ0n) is 24.4. The summed E-state index contributed by atoms with van der Waals surface area (Å²) in [6, 6.07) is 20.4. The molecule has 3 aromatic carbocycles. The number of carboxylic acid groups (broad SMARTS) is 1. The van der Waals surface area contributed by atoms with Gasteiger partial charge in [-0.3, -0.25) is 14.6 Å². The summed E-state index contributed by atoms with van der Waals surface area (Å²) in [5.41, 5.74) is 3.90. The maximum Gasteiger partial charge on any atom is 0.335 e. The van der Waals surface area contributed by atoms with Crippen molar-refractivity contribution in [1.82, 2.24) is 9.80 Å². The van der Waals surface area contributed by atoms with Gasteiger partial charge in [0, 0.05) is 38.9 Å². The maximum atomic E-state index is 13.5. The molecule has 0 saturated carbocycles.